The largest absolute Gasteiger partial charge is 0.378 e. The smallest absolute Gasteiger partial charge is 0.147 e. The van der Waals surface area contributed by atoms with Crippen LogP contribution in [0.5, 0.6) is 0 Å². The highest BCUT2D eigenvalue weighted by molar-refractivity contribution is 9.10. The molecule has 2 aromatic heterocycles. The number of para-hydroxylation sites is 2. The topological polar surface area (TPSA) is 63.7 Å². The Hall–Kier alpha value is -1.50. The highest BCUT2D eigenvalue weighted by Gasteiger charge is 2.12. The molecule has 0 fully saturated rings. The Bertz CT molecular complexity index is 757. The van der Waals surface area contributed by atoms with Crippen molar-refractivity contribution in [2.45, 2.75) is 13.0 Å². The first-order valence-corrected chi connectivity index (χ1v) is 7.48. The molecule has 0 bridgehead atoms. The molecule has 21 heavy (non-hydrogen) atoms. The van der Waals surface area contributed by atoms with Gasteiger partial charge >= 0.3 is 0 Å². The van der Waals surface area contributed by atoms with E-state index in [1.54, 1.807) is 7.11 Å². The minimum absolute atomic E-state index is 0.371. The molecule has 0 radical (unpaired) electrons. The number of imidazole rings is 1. The Kier molecular flexibility index (Phi) is 4.19. The maximum Gasteiger partial charge on any atom is 0.147 e. The van der Waals surface area contributed by atoms with E-state index in [0.29, 0.717) is 28.5 Å². The lowest BCUT2D eigenvalue weighted by molar-refractivity contribution is 0.180. The number of nitrogens with one attached hydrogen (secondary N) is 1. The summed E-state index contributed by atoms with van der Waals surface area (Å²) in [7, 11) is 1.61. The second-order valence-electron chi connectivity index (χ2n) is 4.50. The minimum atomic E-state index is 0.371. The Labute approximate surface area is 134 Å². The van der Waals surface area contributed by atoms with E-state index >= 15 is 0 Å². The first kappa shape index (κ1) is 14.4. The Morgan fingerprint density at radius 2 is 2.05 bits per heavy atom. The zero-order valence-electron chi connectivity index (χ0n) is 11.2. The fraction of sp³-hybridized carbons (Fsp3) is 0.214. The Morgan fingerprint density at radius 1 is 1.24 bits per heavy atom. The van der Waals surface area contributed by atoms with Crippen molar-refractivity contribution in [1.82, 2.24) is 19.9 Å². The van der Waals surface area contributed by atoms with E-state index in [1.165, 1.54) is 0 Å². The van der Waals surface area contributed by atoms with Crippen molar-refractivity contribution in [2.24, 2.45) is 0 Å². The molecular weight excluding hydrogens is 356 g/mol. The Balaban J connectivity index is 1.93. The molecule has 0 saturated heterocycles. The van der Waals surface area contributed by atoms with Crippen molar-refractivity contribution >= 4 is 38.6 Å². The molecule has 0 aliphatic carbocycles. The number of nitrogens with zero attached hydrogens (tertiary/aromatic N) is 3. The van der Waals surface area contributed by atoms with Crippen LogP contribution >= 0.6 is 27.5 Å². The molecule has 0 aliphatic heterocycles. The van der Waals surface area contributed by atoms with E-state index in [-0.39, 0.29) is 0 Å². The van der Waals surface area contributed by atoms with Gasteiger partial charge in [-0.25, -0.2) is 15.0 Å². The number of methoxy groups -OCH3 is 1. The predicted octanol–water partition coefficient (Wildman–Crippen LogP) is 3.51. The SMILES string of the molecule is COCc1nc(Cc2nc3ccccc3[nH]2)nc(Cl)c1Br. The summed E-state index contributed by atoms with van der Waals surface area (Å²) in [5.41, 5.74) is 2.64. The van der Waals surface area contributed by atoms with Crippen LogP contribution in [-0.4, -0.2) is 27.0 Å². The molecule has 108 valence electrons. The van der Waals surface area contributed by atoms with E-state index < -0.39 is 0 Å². The van der Waals surface area contributed by atoms with Gasteiger partial charge < -0.3 is 9.72 Å². The molecule has 1 aromatic carbocycles. The zero-order valence-corrected chi connectivity index (χ0v) is 13.6. The van der Waals surface area contributed by atoms with Crippen molar-refractivity contribution in [3.05, 3.63) is 51.2 Å². The van der Waals surface area contributed by atoms with Gasteiger partial charge in [-0.1, -0.05) is 23.7 Å². The molecule has 0 saturated carbocycles. The van der Waals surface area contributed by atoms with Gasteiger partial charge in [0.05, 0.1) is 34.2 Å². The molecule has 7 heteroatoms. The maximum absolute atomic E-state index is 6.12. The molecule has 3 rings (SSSR count). The van der Waals surface area contributed by atoms with E-state index in [9.17, 15) is 0 Å². The number of rotatable bonds is 4. The number of fused-ring (bicyclic) bond motifs is 1. The van der Waals surface area contributed by atoms with Gasteiger partial charge in [0, 0.05) is 7.11 Å². The van der Waals surface area contributed by atoms with Crippen LogP contribution in [-0.2, 0) is 17.8 Å². The standard InChI is InChI=1S/C14H12BrClN4O/c1-21-7-10-13(15)14(16)20-12(19-10)6-11-17-8-4-2-3-5-9(8)18-11/h2-5H,6-7H2,1H3,(H,17,18). The molecular formula is C14H12BrClN4O. The molecule has 0 atom stereocenters. The lowest BCUT2D eigenvalue weighted by atomic mass is 10.3. The molecule has 0 aliphatic rings. The van der Waals surface area contributed by atoms with Crippen LogP contribution in [0.2, 0.25) is 5.15 Å². The monoisotopic (exact) mass is 366 g/mol. The van der Waals surface area contributed by atoms with Crippen LogP contribution in [0.3, 0.4) is 0 Å². The van der Waals surface area contributed by atoms with Crippen molar-refractivity contribution in [3.8, 4) is 0 Å². The molecule has 5 nitrogen and oxygen atoms in total. The van der Waals surface area contributed by atoms with Crippen molar-refractivity contribution in [2.75, 3.05) is 7.11 Å². The van der Waals surface area contributed by atoms with Crippen LogP contribution in [0, 0.1) is 0 Å². The number of aromatic nitrogens is 4. The summed E-state index contributed by atoms with van der Waals surface area (Å²) in [5.74, 6) is 1.41. The quantitative estimate of drug-likeness (QED) is 0.717. The summed E-state index contributed by atoms with van der Waals surface area (Å²) in [4.78, 5) is 16.5. The van der Waals surface area contributed by atoms with Gasteiger partial charge in [-0.05, 0) is 28.1 Å². The lowest BCUT2D eigenvalue weighted by Crippen LogP contribution is -2.04. The fourth-order valence-electron chi connectivity index (χ4n) is 2.06. The first-order valence-electron chi connectivity index (χ1n) is 6.30. The molecule has 0 unspecified atom stereocenters. The third-order valence-corrected chi connectivity index (χ3v) is 4.31. The average molecular weight is 368 g/mol. The van der Waals surface area contributed by atoms with Gasteiger partial charge in [0.25, 0.3) is 0 Å². The van der Waals surface area contributed by atoms with Gasteiger partial charge in [0.2, 0.25) is 0 Å². The average Bonchev–Trinajstić information content (AvgIpc) is 2.86. The number of H-pyrrole nitrogens is 1. The summed E-state index contributed by atoms with van der Waals surface area (Å²) < 4.78 is 5.78. The highest BCUT2D eigenvalue weighted by atomic mass is 79.9. The van der Waals surface area contributed by atoms with Gasteiger partial charge in [-0.15, -0.1) is 0 Å². The van der Waals surface area contributed by atoms with Crippen molar-refractivity contribution in [3.63, 3.8) is 0 Å². The minimum Gasteiger partial charge on any atom is -0.378 e. The van der Waals surface area contributed by atoms with Crippen LogP contribution in [0.1, 0.15) is 17.3 Å². The number of aromatic amines is 1. The second kappa shape index (κ2) is 6.09. The number of ether oxygens (including phenoxy) is 1. The number of halogens is 2. The third kappa shape index (κ3) is 3.07. The normalized spacial score (nSPS) is 11.2. The molecule has 0 amide bonds. The highest BCUT2D eigenvalue weighted by Crippen LogP contribution is 2.24. The van der Waals surface area contributed by atoms with Crippen LogP contribution < -0.4 is 0 Å². The van der Waals surface area contributed by atoms with Crippen LogP contribution in [0.4, 0.5) is 0 Å². The number of benzene rings is 1. The Morgan fingerprint density at radius 3 is 2.81 bits per heavy atom. The van der Waals surface area contributed by atoms with Crippen molar-refractivity contribution < 1.29 is 4.74 Å². The molecule has 0 spiro atoms. The molecule has 1 N–H and O–H groups in total. The number of hydrogen-bond acceptors (Lipinski definition) is 4. The van der Waals surface area contributed by atoms with Crippen LogP contribution in [0.15, 0.2) is 28.7 Å². The zero-order chi connectivity index (χ0) is 14.8. The van der Waals surface area contributed by atoms with Crippen LogP contribution in [0.25, 0.3) is 11.0 Å². The van der Waals surface area contributed by atoms with E-state index in [1.807, 2.05) is 24.3 Å². The maximum atomic E-state index is 6.12. The van der Waals surface area contributed by atoms with Gasteiger partial charge in [-0.3, -0.25) is 0 Å². The number of hydrogen-bond donors (Lipinski definition) is 1. The van der Waals surface area contributed by atoms with Gasteiger partial charge in [0.1, 0.15) is 16.8 Å². The van der Waals surface area contributed by atoms with E-state index in [4.69, 9.17) is 16.3 Å². The predicted molar refractivity (Wildman–Crippen MR) is 84.4 cm³/mol. The second-order valence-corrected chi connectivity index (χ2v) is 5.65. The third-order valence-electron chi connectivity index (χ3n) is 2.97. The van der Waals surface area contributed by atoms with Gasteiger partial charge in [-0.2, -0.15) is 0 Å². The van der Waals surface area contributed by atoms with Crippen molar-refractivity contribution in [1.29, 1.82) is 0 Å². The van der Waals surface area contributed by atoms with E-state index in [2.05, 4.69) is 35.9 Å². The summed E-state index contributed by atoms with van der Waals surface area (Å²) in [6, 6.07) is 7.86. The summed E-state index contributed by atoms with van der Waals surface area (Å²) >= 11 is 9.48. The summed E-state index contributed by atoms with van der Waals surface area (Å²) in [6.45, 7) is 0.371. The van der Waals surface area contributed by atoms with Gasteiger partial charge in [0.15, 0.2) is 0 Å². The summed E-state index contributed by atoms with van der Waals surface area (Å²) in [5, 5.41) is 0.378. The van der Waals surface area contributed by atoms with E-state index in [0.717, 1.165) is 22.6 Å². The first-order chi connectivity index (χ1) is 10.2. The fourth-order valence-corrected chi connectivity index (χ4v) is 2.56. The molecule has 3 aromatic rings. The molecule has 2 heterocycles. The summed E-state index contributed by atoms with van der Waals surface area (Å²) in [6.07, 6.45) is 0.485. The lowest BCUT2D eigenvalue weighted by Gasteiger charge is -2.06.